The van der Waals surface area contributed by atoms with Crippen molar-refractivity contribution < 1.29 is 28.3 Å². The minimum Gasteiger partial charge on any atom is -0.497 e. The number of aliphatic hydroxyl groups excluding tert-OH is 1. The predicted octanol–water partition coefficient (Wildman–Crippen LogP) is 4.06. The Hall–Kier alpha value is -2.75. The lowest BCUT2D eigenvalue weighted by Gasteiger charge is -2.30. The lowest BCUT2D eigenvalue weighted by atomic mass is 9.82. The van der Waals surface area contributed by atoms with Crippen LogP contribution in [0, 0.1) is 5.92 Å². The van der Waals surface area contributed by atoms with Crippen molar-refractivity contribution >= 4 is 31.6 Å². The Morgan fingerprint density at radius 2 is 1.97 bits per heavy atom. The lowest BCUT2D eigenvalue weighted by molar-refractivity contribution is -0.143. The Kier molecular flexibility index (Phi) is 6.06. The maximum Gasteiger partial charge on any atom is 0.261 e. The quantitative estimate of drug-likeness (QED) is 0.435. The molecule has 176 valence electrons. The van der Waals surface area contributed by atoms with Crippen molar-refractivity contribution in [2.24, 2.45) is 5.92 Å². The van der Waals surface area contributed by atoms with Crippen molar-refractivity contribution in [1.29, 1.82) is 0 Å². The number of fused-ring (bicyclic) bond motifs is 2. The summed E-state index contributed by atoms with van der Waals surface area (Å²) in [5.41, 5.74) is 0.294. The summed E-state index contributed by atoms with van der Waals surface area (Å²) in [5, 5.41) is 15.2. The lowest BCUT2D eigenvalue weighted by Crippen LogP contribution is -2.42. The van der Waals surface area contributed by atoms with Gasteiger partial charge in [0.1, 0.15) is 5.75 Å². The van der Waals surface area contributed by atoms with Gasteiger partial charge in [0.05, 0.1) is 13.2 Å². The first kappa shape index (κ1) is 23.4. The van der Waals surface area contributed by atoms with Crippen LogP contribution in [0.5, 0.6) is 5.75 Å². The zero-order valence-electron chi connectivity index (χ0n) is 19.1. The van der Waals surface area contributed by atoms with Crippen LogP contribution in [0.2, 0.25) is 18.6 Å². The van der Waals surface area contributed by atoms with E-state index in [-0.39, 0.29) is 24.8 Å². The molecule has 2 aromatic carbocycles. The highest BCUT2D eigenvalue weighted by molar-refractivity contribution is 6.72. The average molecular weight is 473 g/mol. The van der Waals surface area contributed by atoms with Crippen LogP contribution in [0.4, 0.5) is 15.5 Å². The third kappa shape index (κ3) is 3.94. The number of nitrogens with one attached hydrogen (secondary N) is 2. The van der Waals surface area contributed by atoms with Gasteiger partial charge in [-0.15, -0.1) is 0 Å². The number of anilines is 2. The molecule has 2 aliphatic rings. The van der Waals surface area contributed by atoms with Crippen LogP contribution in [-0.2, 0) is 15.1 Å². The van der Waals surface area contributed by atoms with E-state index < -0.39 is 31.6 Å². The normalized spacial score (nSPS) is 26.2. The maximum atomic E-state index is 15.3. The second kappa shape index (κ2) is 8.55. The van der Waals surface area contributed by atoms with E-state index in [2.05, 4.69) is 10.6 Å². The molecule has 1 spiro atoms. The van der Waals surface area contributed by atoms with Gasteiger partial charge in [0.15, 0.2) is 5.60 Å². The van der Waals surface area contributed by atoms with Crippen LogP contribution in [0.1, 0.15) is 29.3 Å². The number of carbonyl (C=O) groups excluding carboxylic acids is 2. The number of aliphatic hydroxyl groups is 1. The SMILES string of the molecule is COc1ccc(C(=O)Nc2ccc3c(c2)[C@]2(O[C@@H](CCO)[C@H]([Si](C)(C)F)[C@H]2C)C(=O)N3)cc1. The van der Waals surface area contributed by atoms with Crippen LogP contribution >= 0.6 is 0 Å². The fraction of sp³-hybridized carbons (Fsp3) is 0.417. The topological polar surface area (TPSA) is 96.9 Å². The first-order chi connectivity index (χ1) is 15.6. The second-order valence-corrected chi connectivity index (χ2v) is 13.0. The molecule has 2 aromatic rings. The Morgan fingerprint density at radius 1 is 1.27 bits per heavy atom. The zero-order valence-corrected chi connectivity index (χ0v) is 20.1. The summed E-state index contributed by atoms with van der Waals surface area (Å²) in [5.74, 6) is -0.436. The van der Waals surface area contributed by atoms with Gasteiger partial charge >= 0.3 is 0 Å². The fourth-order valence-corrected chi connectivity index (χ4v) is 7.83. The number of methoxy groups -OCH3 is 1. The van der Waals surface area contributed by atoms with Gasteiger partial charge < -0.3 is 29.3 Å². The third-order valence-electron chi connectivity index (χ3n) is 6.74. The Balaban J connectivity index is 1.67. The number of hydrogen-bond donors (Lipinski definition) is 3. The smallest absolute Gasteiger partial charge is 0.261 e. The third-order valence-corrected chi connectivity index (χ3v) is 9.20. The van der Waals surface area contributed by atoms with Crippen LogP contribution in [0.25, 0.3) is 0 Å². The van der Waals surface area contributed by atoms with Gasteiger partial charge in [-0.25, -0.2) is 0 Å². The minimum absolute atomic E-state index is 0.152. The number of carbonyl (C=O) groups is 2. The molecule has 4 rings (SSSR count). The van der Waals surface area contributed by atoms with Gasteiger partial charge in [0.25, 0.3) is 11.8 Å². The molecule has 1 fully saturated rings. The summed E-state index contributed by atoms with van der Waals surface area (Å²) < 4.78 is 26.8. The molecule has 2 aliphatic heterocycles. The number of ether oxygens (including phenoxy) is 2. The first-order valence-electron chi connectivity index (χ1n) is 11.0. The van der Waals surface area contributed by atoms with Gasteiger partial charge in [0, 0.05) is 40.6 Å². The molecule has 2 amide bonds. The summed E-state index contributed by atoms with van der Waals surface area (Å²) in [6.45, 7) is 4.91. The highest BCUT2D eigenvalue weighted by atomic mass is 28.4. The van der Waals surface area contributed by atoms with Gasteiger partial charge in [-0.2, -0.15) is 0 Å². The number of benzene rings is 2. The molecule has 0 radical (unpaired) electrons. The summed E-state index contributed by atoms with van der Waals surface area (Å²) in [6, 6.07) is 11.9. The van der Waals surface area contributed by atoms with Gasteiger partial charge in [-0.1, -0.05) is 6.92 Å². The molecule has 0 aromatic heterocycles. The molecule has 7 nitrogen and oxygen atoms in total. The monoisotopic (exact) mass is 472 g/mol. The molecular weight excluding hydrogens is 443 g/mol. The number of rotatable bonds is 6. The molecular formula is C24H29FN2O5Si. The molecule has 4 atom stereocenters. The molecule has 2 heterocycles. The van der Waals surface area contributed by atoms with E-state index in [0.29, 0.717) is 28.3 Å². The summed E-state index contributed by atoms with van der Waals surface area (Å²) in [4.78, 5) is 25.9. The van der Waals surface area contributed by atoms with E-state index in [9.17, 15) is 14.7 Å². The van der Waals surface area contributed by atoms with Gasteiger partial charge in [-0.3, -0.25) is 9.59 Å². The second-order valence-electron chi connectivity index (χ2n) is 9.18. The molecule has 0 bridgehead atoms. The van der Waals surface area contributed by atoms with Crippen molar-refractivity contribution in [2.45, 2.75) is 43.7 Å². The standard InChI is InChI=1S/C24H29FN2O5Si/c1-14-21(33(3,4)25)20(11-12-28)32-24(14)18-13-16(7-10-19(18)27-23(24)30)26-22(29)15-5-8-17(31-2)9-6-15/h5-10,13-14,20-21,28H,11-12H2,1-4H3,(H,26,29)(H,27,30)/t14-,20+,21-,24+/m1/s1. The van der Waals surface area contributed by atoms with E-state index in [1.165, 1.54) is 0 Å². The molecule has 33 heavy (non-hydrogen) atoms. The highest BCUT2D eigenvalue weighted by Crippen LogP contribution is 2.59. The van der Waals surface area contributed by atoms with Crippen molar-refractivity contribution in [1.82, 2.24) is 0 Å². The molecule has 0 saturated carbocycles. The molecule has 1 saturated heterocycles. The van der Waals surface area contributed by atoms with Crippen molar-refractivity contribution in [2.75, 3.05) is 24.4 Å². The van der Waals surface area contributed by atoms with Gasteiger partial charge in [0.2, 0.25) is 8.41 Å². The Bertz CT molecular complexity index is 1070. The largest absolute Gasteiger partial charge is 0.497 e. The predicted molar refractivity (Wildman–Crippen MR) is 126 cm³/mol. The van der Waals surface area contributed by atoms with E-state index >= 15 is 4.11 Å². The van der Waals surface area contributed by atoms with E-state index in [0.717, 1.165) is 0 Å². The summed E-state index contributed by atoms with van der Waals surface area (Å²) in [7, 11) is -1.67. The average Bonchev–Trinajstić information content (AvgIpc) is 3.22. The number of halogens is 1. The molecule has 9 heteroatoms. The van der Waals surface area contributed by atoms with Crippen molar-refractivity contribution in [3.8, 4) is 5.75 Å². The first-order valence-corrected chi connectivity index (χ1v) is 14.0. The summed E-state index contributed by atoms with van der Waals surface area (Å²) >= 11 is 0. The summed E-state index contributed by atoms with van der Waals surface area (Å²) in [6.07, 6.45) is -0.306. The minimum atomic E-state index is -3.22. The molecule has 0 unspecified atom stereocenters. The van der Waals surface area contributed by atoms with Crippen LogP contribution in [0.15, 0.2) is 42.5 Å². The zero-order chi connectivity index (χ0) is 24.0. The van der Waals surface area contributed by atoms with Crippen molar-refractivity contribution in [3.63, 3.8) is 0 Å². The fourth-order valence-electron chi connectivity index (χ4n) is 5.29. The maximum absolute atomic E-state index is 15.3. The van der Waals surface area contributed by atoms with Crippen LogP contribution in [0.3, 0.4) is 0 Å². The molecule has 0 aliphatic carbocycles. The Labute approximate surface area is 193 Å². The number of amides is 2. The highest BCUT2D eigenvalue weighted by Gasteiger charge is 2.65. The van der Waals surface area contributed by atoms with E-state index in [1.54, 1.807) is 62.7 Å². The van der Waals surface area contributed by atoms with Gasteiger partial charge in [-0.05, 0) is 62.0 Å². The number of hydrogen-bond acceptors (Lipinski definition) is 5. The van der Waals surface area contributed by atoms with E-state index in [1.807, 2.05) is 6.92 Å². The van der Waals surface area contributed by atoms with E-state index in [4.69, 9.17) is 9.47 Å². The van der Waals surface area contributed by atoms with Crippen LogP contribution in [-0.4, -0.2) is 45.1 Å². The Morgan fingerprint density at radius 3 is 2.58 bits per heavy atom. The van der Waals surface area contributed by atoms with Crippen LogP contribution < -0.4 is 15.4 Å². The molecule has 3 N–H and O–H groups in total. The van der Waals surface area contributed by atoms with Crippen molar-refractivity contribution in [3.05, 3.63) is 53.6 Å².